The zero-order chi connectivity index (χ0) is 15.4. The van der Waals surface area contributed by atoms with Crippen molar-refractivity contribution in [1.29, 1.82) is 0 Å². The molecule has 1 fully saturated rings. The van der Waals surface area contributed by atoms with Crippen molar-refractivity contribution in [3.8, 4) is 5.75 Å². The first-order chi connectivity index (χ1) is 9.99. The van der Waals surface area contributed by atoms with E-state index in [0.717, 1.165) is 0 Å². The molecule has 0 radical (unpaired) electrons. The molecule has 0 spiro atoms. The second kappa shape index (κ2) is 7.31. The van der Waals surface area contributed by atoms with Crippen molar-refractivity contribution >= 4 is 29.1 Å². The Morgan fingerprint density at radius 2 is 2.14 bits per heavy atom. The van der Waals surface area contributed by atoms with Crippen LogP contribution < -0.4 is 10.1 Å². The number of rotatable bonds is 5. The summed E-state index contributed by atoms with van der Waals surface area (Å²) in [5, 5.41) is 22.3. The van der Waals surface area contributed by atoms with E-state index in [9.17, 15) is 9.90 Å². The summed E-state index contributed by atoms with van der Waals surface area (Å²) < 4.78 is 5.33. The standard InChI is InChI=1S/C14H17Cl2NO4/c15-9-1-2-13(11(16)4-9)21-7-14(20)17-10-3-8(6-18)12(19)5-10/h1-2,4,8,10,12,18-19H,3,5-7H2,(H,17,20). The van der Waals surface area contributed by atoms with Gasteiger partial charge < -0.3 is 20.3 Å². The van der Waals surface area contributed by atoms with Crippen molar-refractivity contribution in [3.63, 3.8) is 0 Å². The Bertz CT molecular complexity index is 512. The summed E-state index contributed by atoms with van der Waals surface area (Å²) in [4.78, 5) is 11.8. The molecule has 7 heteroatoms. The topological polar surface area (TPSA) is 78.8 Å². The summed E-state index contributed by atoms with van der Waals surface area (Å²) in [6.07, 6.45) is 0.427. The summed E-state index contributed by atoms with van der Waals surface area (Å²) in [6.45, 7) is -0.248. The number of aliphatic hydroxyl groups excluding tert-OH is 2. The zero-order valence-electron chi connectivity index (χ0n) is 11.3. The van der Waals surface area contributed by atoms with Gasteiger partial charge in [-0.1, -0.05) is 23.2 Å². The molecule has 0 aliphatic heterocycles. The quantitative estimate of drug-likeness (QED) is 0.765. The normalized spacial score (nSPS) is 24.9. The first kappa shape index (κ1) is 16.4. The van der Waals surface area contributed by atoms with Crippen molar-refractivity contribution < 1.29 is 19.7 Å². The maximum absolute atomic E-state index is 11.8. The van der Waals surface area contributed by atoms with Gasteiger partial charge in [0.05, 0.1) is 11.1 Å². The van der Waals surface area contributed by atoms with Crippen LogP contribution in [0.15, 0.2) is 18.2 Å². The van der Waals surface area contributed by atoms with Crippen LogP contribution in [0.1, 0.15) is 12.8 Å². The van der Waals surface area contributed by atoms with Crippen molar-refractivity contribution in [2.24, 2.45) is 5.92 Å². The highest BCUT2D eigenvalue weighted by molar-refractivity contribution is 6.35. The molecule has 1 aliphatic rings. The molecule has 0 saturated heterocycles. The lowest BCUT2D eigenvalue weighted by Crippen LogP contribution is -2.36. The summed E-state index contributed by atoms with van der Waals surface area (Å²) in [5.74, 6) is -0.0883. The van der Waals surface area contributed by atoms with Gasteiger partial charge in [-0.3, -0.25) is 4.79 Å². The lowest BCUT2D eigenvalue weighted by molar-refractivity contribution is -0.123. The van der Waals surface area contributed by atoms with E-state index in [4.69, 9.17) is 33.0 Å². The van der Waals surface area contributed by atoms with Crippen LogP contribution in [-0.2, 0) is 4.79 Å². The molecule has 1 aliphatic carbocycles. The number of carbonyl (C=O) groups excluding carboxylic acids is 1. The third-order valence-corrected chi connectivity index (χ3v) is 4.04. The average molecular weight is 334 g/mol. The fourth-order valence-electron chi connectivity index (χ4n) is 2.42. The molecule has 1 saturated carbocycles. The van der Waals surface area contributed by atoms with Gasteiger partial charge in [-0.2, -0.15) is 0 Å². The first-order valence-corrected chi connectivity index (χ1v) is 7.41. The number of nitrogens with one attached hydrogen (secondary N) is 1. The van der Waals surface area contributed by atoms with E-state index in [1.807, 2.05) is 0 Å². The maximum Gasteiger partial charge on any atom is 0.258 e. The second-order valence-electron chi connectivity index (χ2n) is 5.11. The van der Waals surface area contributed by atoms with E-state index in [1.165, 1.54) is 6.07 Å². The Balaban J connectivity index is 1.80. The van der Waals surface area contributed by atoms with E-state index in [1.54, 1.807) is 12.1 Å². The van der Waals surface area contributed by atoms with Crippen LogP contribution in [0.4, 0.5) is 0 Å². The van der Waals surface area contributed by atoms with E-state index in [-0.39, 0.29) is 31.1 Å². The molecule has 2 rings (SSSR count). The SMILES string of the molecule is O=C(COc1ccc(Cl)cc1Cl)NC1CC(O)C(CO)C1. The van der Waals surface area contributed by atoms with Gasteiger partial charge in [0.15, 0.2) is 6.61 Å². The van der Waals surface area contributed by atoms with Gasteiger partial charge in [0.1, 0.15) is 5.75 Å². The molecule has 1 aromatic carbocycles. The van der Waals surface area contributed by atoms with Crippen LogP contribution in [0.2, 0.25) is 10.0 Å². The number of ether oxygens (including phenoxy) is 1. The van der Waals surface area contributed by atoms with Gasteiger partial charge in [0.2, 0.25) is 0 Å². The van der Waals surface area contributed by atoms with Gasteiger partial charge in [-0.15, -0.1) is 0 Å². The summed E-state index contributed by atoms with van der Waals surface area (Å²) in [6, 6.07) is 4.61. The summed E-state index contributed by atoms with van der Waals surface area (Å²) in [5.41, 5.74) is 0. The maximum atomic E-state index is 11.8. The Kier molecular flexibility index (Phi) is 5.70. The fourth-order valence-corrected chi connectivity index (χ4v) is 2.88. The van der Waals surface area contributed by atoms with Crippen LogP contribution in [-0.4, -0.2) is 41.5 Å². The third kappa shape index (κ3) is 4.48. The highest BCUT2D eigenvalue weighted by Crippen LogP contribution is 2.28. The minimum absolute atomic E-state index is 0.0789. The van der Waals surface area contributed by atoms with Crippen LogP contribution in [0.5, 0.6) is 5.75 Å². The van der Waals surface area contributed by atoms with Crippen LogP contribution in [0.25, 0.3) is 0 Å². The monoisotopic (exact) mass is 333 g/mol. The second-order valence-corrected chi connectivity index (χ2v) is 5.95. The molecule has 0 heterocycles. The van der Waals surface area contributed by atoms with Crippen molar-refractivity contribution in [1.82, 2.24) is 5.32 Å². The zero-order valence-corrected chi connectivity index (χ0v) is 12.8. The lowest BCUT2D eigenvalue weighted by Gasteiger charge is -2.13. The Morgan fingerprint density at radius 1 is 1.38 bits per heavy atom. The first-order valence-electron chi connectivity index (χ1n) is 6.65. The number of aliphatic hydroxyl groups is 2. The smallest absolute Gasteiger partial charge is 0.258 e. The minimum Gasteiger partial charge on any atom is -0.482 e. The molecular weight excluding hydrogens is 317 g/mol. The third-order valence-electron chi connectivity index (χ3n) is 3.51. The summed E-state index contributed by atoms with van der Waals surface area (Å²) >= 11 is 11.7. The highest BCUT2D eigenvalue weighted by atomic mass is 35.5. The molecule has 1 amide bonds. The highest BCUT2D eigenvalue weighted by Gasteiger charge is 2.33. The van der Waals surface area contributed by atoms with Crippen LogP contribution in [0, 0.1) is 5.92 Å². The molecule has 5 nitrogen and oxygen atoms in total. The average Bonchev–Trinajstić information content (AvgIpc) is 2.77. The predicted octanol–water partition coefficient (Wildman–Crippen LogP) is 1.62. The number of carbonyl (C=O) groups is 1. The largest absolute Gasteiger partial charge is 0.482 e. The fraction of sp³-hybridized carbons (Fsp3) is 0.500. The summed E-state index contributed by atoms with van der Waals surface area (Å²) in [7, 11) is 0. The molecule has 3 atom stereocenters. The van der Waals surface area contributed by atoms with Crippen LogP contribution in [0.3, 0.4) is 0 Å². The molecule has 1 aromatic rings. The van der Waals surface area contributed by atoms with Gasteiger partial charge in [-0.25, -0.2) is 0 Å². The molecule has 116 valence electrons. The minimum atomic E-state index is -0.577. The van der Waals surface area contributed by atoms with E-state index in [2.05, 4.69) is 5.32 Å². The van der Waals surface area contributed by atoms with Gasteiger partial charge in [0, 0.05) is 23.6 Å². The van der Waals surface area contributed by atoms with Gasteiger partial charge >= 0.3 is 0 Å². The lowest BCUT2D eigenvalue weighted by atomic mass is 10.1. The predicted molar refractivity (Wildman–Crippen MR) is 79.7 cm³/mol. The number of hydrogen-bond donors (Lipinski definition) is 3. The number of benzene rings is 1. The number of amides is 1. The van der Waals surface area contributed by atoms with E-state index >= 15 is 0 Å². The van der Waals surface area contributed by atoms with E-state index < -0.39 is 6.10 Å². The molecule has 21 heavy (non-hydrogen) atoms. The van der Waals surface area contributed by atoms with Gasteiger partial charge in [0.25, 0.3) is 5.91 Å². The van der Waals surface area contributed by atoms with Crippen molar-refractivity contribution in [2.75, 3.05) is 13.2 Å². The molecule has 3 unspecified atom stereocenters. The Morgan fingerprint density at radius 3 is 2.76 bits per heavy atom. The molecular formula is C14H17Cl2NO4. The molecule has 0 bridgehead atoms. The number of hydrogen-bond acceptors (Lipinski definition) is 4. The Labute approximate surface area is 132 Å². The van der Waals surface area contributed by atoms with Crippen LogP contribution >= 0.6 is 23.2 Å². The van der Waals surface area contributed by atoms with E-state index in [0.29, 0.717) is 28.6 Å². The van der Waals surface area contributed by atoms with Crippen molar-refractivity contribution in [3.05, 3.63) is 28.2 Å². The molecule has 0 aromatic heterocycles. The van der Waals surface area contributed by atoms with Gasteiger partial charge in [-0.05, 0) is 31.0 Å². The number of halogens is 2. The van der Waals surface area contributed by atoms with Crippen molar-refractivity contribution in [2.45, 2.75) is 25.0 Å². The Hall–Kier alpha value is -1.01. The molecule has 3 N–H and O–H groups in total.